The number of carbonyl (C=O) groups excluding carboxylic acids is 4. The summed E-state index contributed by atoms with van der Waals surface area (Å²) < 4.78 is 47.8. The molecule has 3 saturated heterocycles. The van der Waals surface area contributed by atoms with E-state index in [2.05, 4.69) is 44.6 Å². The van der Waals surface area contributed by atoms with E-state index in [0.29, 0.717) is 36.6 Å². The second kappa shape index (κ2) is 16.9. The molecule has 4 fully saturated rings. The van der Waals surface area contributed by atoms with Crippen LogP contribution in [0.15, 0.2) is 54.7 Å². The van der Waals surface area contributed by atoms with Crippen molar-refractivity contribution in [2.75, 3.05) is 53.2 Å². The molecule has 14 nitrogen and oxygen atoms in total. The van der Waals surface area contributed by atoms with Crippen LogP contribution >= 0.6 is 12.6 Å². The van der Waals surface area contributed by atoms with Gasteiger partial charge in [0.05, 0.1) is 24.0 Å². The number of benzene rings is 2. The lowest BCUT2D eigenvalue weighted by Gasteiger charge is -2.44. The molecule has 3 aromatic rings. The molecule has 18 heteroatoms. The maximum atomic E-state index is 13.8. The van der Waals surface area contributed by atoms with Crippen molar-refractivity contribution in [2.45, 2.75) is 94.6 Å². The average molecular weight is 848 g/mol. The van der Waals surface area contributed by atoms with Crippen molar-refractivity contribution in [1.82, 2.24) is 20.1 Å². The Kier molecular flexibility index (Phi) is 12.1. The van der Waals surface area contributed by atoms with Gasteiger partial charge in [-0.05, 0) is 101 Å². The number of aromatic nitrogens is 1. The number of ether oxygens (including phenoxy) is 1. The molecule has 2 aromatic carbocycles. The minimum atomic E-state index is -4.84. The van der Waals surface area contributed by atoms with E-state index in [1.807, 2.05) is 18.2 Å². The molecule has 1 aromatic heterocycles. The molecule has 60 heavy (non-hydrogen) atoms. The minimum absolute atomic E-state index is 0.0849. The topological polar surface area (TPSA) is 163 Å². The van der Waals surface area contributed by atoms with Crippen LogP contribution in [0.4, 0.5) is 35.9 Å². The van der Waals surface area contributed by atoms with Gasteiger partial charge < -0.3 is 20.3 Å². The van der Waals surface area contributed by atoms with Crippen molar-refractivity contribution < 1.29 is 37.1 Å². The SMILES string of the molecule is C[C@@H]1CN(CCOc2ccc(N3C(S)N(c4cnc(C#N)c(C(F)(F)F)c4)C(=O)C3(C)C)cc2C2CC2)C[C@H](C)N1CC(=O)Nc1cccc(NC2CCC(=O)NC2=O)c1. The van der Waals surface area contributed by atoms with Gasteiger partial charge in [0.1, 0.15) is 30.0 Å². The van der Waals surface area contributed by atoms with Crippen LogP contribution in [0.5, 0.6) is 5.75 Å². The Hall–Kier alpha value is -5.38. The lowest BCUT2D eigenvalue weighted by Crippen LogP contribution is -2.58. The largest absolute Gasteiger partial charge is 0.492 e. The number of hydrogen-bond acceptors (Lipinski definition) is 12. The highest BCUT2D eigenvalue weighted by Gasteiger charge is 2.52. The first-order valence-electron chi connectivity index (χ1n) is 20.0. The first kappa shape index (κ1) is 42.7. The third kappa shape index (κ3) is 9.03. The number of alkyl halides is 3. The number of piperazine rings is 1. The molecule has 1 saturated carbocycles. The highest BCUT2D eigenvalue weighted by Crippen LogP contribution is 2.48. The van der Waals surface area contributed by atoms with E-state index in [1.54, 1.807) is 43.0 Å². The average Bonchev–Trinajstić information content (AvgIpc) is 4.01. The molecular formula is C42H48F3N9O5S. The Morgan fingerprint density at radius 1 is 1.03 bits per heavy atom. The quantitative estimate of drug-likeness (QED) is 0.138. The molecule has 0 spiro atoms. The molecule has 4 aliphatic rings. The number of imide groups is 1. The fraction of sp³-hybridized carbons (Fsp3) is 0.476. The van der Waals surface area contributed by atoms with Crippen LogP contribution < -0.4 is 30.5 Å². The Morgan fingerprint density at radius 3 is 2.42 bits per heavy atom. The van der Waals surface area contributed by atoms with Crippen LogP contribution in [0.1, 0.15) is 76.1 Å². The van der Waals surface area contributed by atoms with Gasteiger partial charge in [0.15, 0.2) is 11.2 Å². The van der Waals surface area contributed by atoms with Gasteiger partial charge in [0.25, 0.3) is 5.91 Å². The summed E-state index contributed by atoms with van der Waals surface area (Å²) in [6, 6.07) is 14.7. The molecule has 4 amide bonds. The highest BCUT2D eigenvalue weighted by atomic mass is 32.1. The van der Waals surface area contributed by atoms with Crippen LogP contribution in [0.2, 0.25) is 0 Å². The number of piperidine rings is 1. The monoisotopic (exact) mass is 847 g/mol. The van der Waals surface area contributed by atoms with Crippen molar-refractivity contribution in [3.05, 3.63) is 71.5 Å². The zero-order valence-electron chi connectivity index (χ0n) is 33.8. The second-order valence-corrected chi connectivity index (χ2v) is 16.9. The van der Waals surface area contributed by atoms with Gasteiger partial charge in [-0.3, -0.25) is 39.2 Å². The summed E-state index contributed by atoms with van der Waals surface area (Å²) in [5.41, 5.74) is -1.33. The number of amides is 4. The summed E-state index contributed by atoms with van der Waals surface area (Å²) in [4.78, 5) is 61.8. The fourth-order valence-electron chi connectivity index (χ4n) is 8.37. The van der Waals surface area contributed by atoms with Gasteiger partial charge in [-0.25, -0.2) is 4.98 Å². The van der Waals surface area contributed by atoms with E-state index in [1.165, 1.54) is 11.0 Å². The van der Waals surface area contributed by atoms with Crippen LogP contribution in [-0.4, -0.2) is 100 Å². The smallest absolute Gasteiger partial charge is 0.419 e. The third-order valence-electron chi connectivity index (χ3n) is 11.6. The van der Waals surface area contributed by atoms with Gasteiger partial charge in [-0.2, -0.15) is 18.4 Å². The Labute approximate surface area is 351 Å². The zero-order chi connectivity index (χ0) is 43.1. The number of halogens is 3. The fourth-order valence-corrected chi connectivity index (χ4v) is 9.03. The predicted molar refractivity (Wildman–Crippen MR) is 222 cm³/mol. The number of pyridine rings is 1. The van der Waals surface area contributed by atoms with E-state index >= 15 is 0 Å². The number of nitrogens with zero attached hydrogens (tertiary/aromatic N) is 6. The molecule has 3 aliphatic heterocycles. The number of thiol groups is 1. The summed E-state index contributed by atoms with van der Waals surface area (Å²) in [5, 5.41) is 17.7. The van der Waals surface area contributed by atoms with E-state index in [9.17, 15) is 37.6 Å². The third-order valence-corrected chi connectivity index (χ3v) is 12.0. The number of hydrogen-bond donors (Lipinski definition) is 4. The molecule has 1 aliphatic carbocycles. The first-order valence-corrected chi connectivity index (χ1v) is 20.5. The molecule has 3 N–H and O–H groups in total. The standard InChI is InChI=1S/C42H48F3N9O5S/c1-24-21-51(22-25(2)52(24)23-37(56)49-28-7-5-6-27(16-28)48-33-11-13-36(55)50-38(33)57)14-15-59-35-12-10-29(17-31(35)26-8-9-26)54-40(60)53(39(58)41(54,3)4)30-18-32(42(43,44)45)34(19-46)47-20-30/h5-7,10,12,16-18,20,24-26,33,40,48,60H,8-9,11,13-15,21-23H2,1-4H3,(H,49,56)(H,50,55,57)/t24-,25+,33?,40?. The van der Waals surface area contributed by atoms with Gasteiger partial charge in [-0.1, -0.05) is 6.07 Å². The van der Waals surface area contributed by atoms with Crippen molar-refractivity contribution >= 4 is 59.0 Å². The van der Waals surface area contributed by atoms with Crippen LogP contribution in [-0.2, 0) is 25.4 Å². The lowest BCUT2D eigenvalue weighted by atomic mass is 10.0. The van der Waals surface area contributed by atoms with E-state index in [4.69, 9.17) is 17.4 Å². The Bertz CT molecular complexity index is 2200. The number of anilines is 4. The van der Waals surface area contributed by atoms with E-state index in [0.717, 1.165) is 49.5 Å². The van der Waals surface area contributed by atoms with Gasteiger partial charge in [-0.15, -0.1) is 12.6 Å². The molecule has 2 unspecified atom stereocenters. The normalized spacial score (nSPS) is 23.6. The van der Waals surface area contributed by atoms with Gasteiger partial charge in [0.2, 0.25) is 17.7 Å². The zero-order valence-corrected chi connectivity index (χ0v) is 34.6. The van der Waals surface area contributed by atoms with Gasteiger partial charge in [0, 0.05) is 55.2 Å². The predicted octanol–water partition coefficient (Wildman–Crippen LogP) is 5.32. The van der Waals surface area contributed by atoms with Gasteiger partial charge >= 0.3 is 6.18 Å². The highest BCUT2D eigenvalue weighted by molar-refractivity contribution is 7.81. The number of rotatable bonds is 12. The molecule has 4 heterocycles. The lowest BCUT2D eigenvalue weighted by molar-refractivity contribution is -0.138. The van der Waals surface area contributed by atoms with Crippen molar-refractivity contribution in [2.24, 2.45) is 0 Å². The molecule has 4 atom stereocenters. The number of nitriles is 1. The Balaban J connectivity index is 0.945. The summed E-state index contributed by atoms with van der Waals surface area (Å²) in [6.07, 6.45) is -1.13. The molecule has 0 bridgehead atoms. The Morgan fingerprint density at radius 2 is 1.75 bits per heavy atom. The first-order chi connectivity index (χ1) is 28.4. The summed E-state index contributed by atoms with van der Waals surface area (Å²) in [5.74, 6) is -0.267. The van der Waals surface area contributed by atoms with Crippen molar-refractivity contribution in [1.29, 1.82) is 5.26 Å². The summed E-state index contributed by atoms with van der Waals surface area (Å²) >= 11 is 4.74. The van der Waals surface area contributed by atoms with Crippen LogP contribution in [0.25, 0.3) is 0 Å². The van der Waals surface area contributed by atoms with Crippen LogP contribution in [0.3, 0.4) is 0 Å². The van der Waals surface area contributed by atoms with E-state index in [-0.39, 0.29) is 54.4 Å². The maximum Gasteiger partial charge on any atom is 0.419 e. The number of carbonyl (C=O) groups is 4. The van der Waals surface area contributed by atoms with Crippen molar-refractivity contribution in [3.63, 3.8) is 0 Å². The summed E-state index contributed by atoms with van der Waals surface area (Å²) in [6.45, 7) is 10.3. The van der Waals surface area contributed by atoms with Crippen LogP contribution in [0, 0.1) is 11.3 Å². The second-order valence-electron chi connectivity index (χ2n) is 16.4. The molecule has 0 radical (unpaired) electrons. The molecule has 7 rings (SSSR count). The molecule has 318 valence electrons. The number of nitrogens with one attached hydrogen (secondary N) is 3. The van der Waals surface area contributed by atoms with Crippen molar-refractivity contribution in [3.8, 4) is 11.8 Å². The maximum absolute atomic E-state index is 13.8. The summed E-state index contributed by atoms with van der Waals surface area (Å²) in [7, 11) is 0. The molecular weight excluding hydrogens is 800 g/mol. The minimum Gasteiger partial charge on any atom is -0.492 e. The van der Waals surface area contributed by atoms with E-state index < -0.39 is 40.4 Å².